The Morgan fingerprint density at radius 1 is 0.906 bits per heavy atom. The van der Waals surface area contributed by atoms with Gasteiger partial charge in [0, 0.05) is 12.2 Å². The minimum Gasteiger partial charge on any atom is -0.270 e. The van der Waals surface area contributed by atoms with Crippen LogP contribution < -0.4 is 0 Å². The van der Waals surface area contributed by atoms with Gasteiger partial charge in [-0.25, -0.2) is 16.8 Å². The molecule has 0 bridgehead atoms. The second-order valence-electron chi connectivity index (χ2n) is 8.91. The highest BCUT2D eigenvalue weighted by Gasteiger charge is 2.43. The summed E-state index contributed by atoms with van der Waals surface area (Å²) < 4.78 is 55.6. The lowest BCUT2D eigenvalue weighted by Crippen LogP contribution is -2.47. The molecule has 0 N–H and O–H groups in total. The van der Waals surface area contributed by atoms with Gasteiger partial charge in [0.05, 0.1) is 15.0 Å². The third kappa shape index (κ3) is 4.55. The topological polar surface area (TPSA) is 71.5 Å². The van der Waals surface area contributed by atoms with Crippen molar-refractivity contribution in [2.24, 2.45) is 5.92 Å². The van der Waals surface area contributed by atoms with Crippen LogP contribution in [0.5, 0.6) is 0 Å². The fraction of sp³-hybridized carbons (Fsp3) is 0.360. The molecular weight excluding hydrogens is 442 g/mol. The zero-order chi connectivity index (χ0) is 23.8. The quantitative estimate of drug-likeness (QED) is 0.590. The number of aryl methyl sites for hydroxylation is 2. The van der Waals surface area contributed by atoms with Crippen molar-refractivity contribution in [1.82, 2.24) is 4.31 Å². The zero-order valence-corrected chi connectivity index (χ0v) is 20.9. The molecule has 0 aliphatic carbocycles. The monoisotopic (exact) mass is 473 g/mol. The fourth-order valence-electron chi connectivity index (χ4n) is 3.98. The molecule has 1 aliphatic heterocycles. The van der Waals surface area contributed by atoms with Crippen LogP contribution in [0.1, 0.15) is 38.3 Å². The first kappa shape index (κ1) is 24.3. The second kappa shape index (κ2) is 8.87. The normalized spacial score (nSPS) is 19.7. The standard InChI is InChI=1S/C25H31NO4S2/c1-17(2)23-16-26(32(29,30)22-13-9-20(6)10-14-22)24(18(3)4)15-25(23)31(27,28)21-11-7-19(5)8-12-21/h7-14,16,18,24-25H,1,15H2,2-6H3/t24-,25+/m1/s1. The summed E-state index contributed by atoms with van der Waals surface area (Å²) >= 11 is 0. The van der Waals surface area contributed by atoms with Crippen LogP contribution in [0.4, 0.5) is 0 Å². The van der Waals surface area contributed by atoms with E-state index in [0.717, 1.165) is 11.1 Å². The molecule has 3 rings (SSSR count). The average Bonchev–Trinajstić information content (AvgIpc) is 2.73. The lowest BCUT2D eigenvalue weighted by Gasteiger charge is -2.40. The number of hydrogen-bond acceptors (Lipinski definition) is 4. The van der Waals surface area contributed by atoms with Crippen molar-refractivity contribution in [1.29, 1.82) is 0 Å². The second-order valence-corrected chi connectivity index (χ2v) is 12.9. The van der Waals surface area contributed by atoms with Crippen LogP contribution in [-0.2, 0) is 19.9 Å². The van der Waals surface area contributed by atoms with Crippen molar-refractivity contribution in [3.8, 4) is 0 Å². The van der Waals surface area contributed by atoms with Crippen molar-refractivity contribution in [3.05, 3.63) is 83.6 Å². The Labute approximate surface area is 192 Å². The third-order valence-corrected chi connectivity index (χ3v) is 9.90. The van der Waals surface area contributed by atoms with Crippen molar-refractivity contribution in [2.45, 2.75) is 62.1 Å². The third-order valence-electron chi connectivity index (χ3n) is 5.98. The SMILES string of the molecule is C=C(C)C1=CN(S(=O)(=O)c2ccc(C)cc2)[C@@H](C(C)C)C[C@@H]1S(=O)(=O)c1ccc(C)cc1. The Balaban J connectivity index is 2.16. The largest absolute Gasteiger partial charge is 0.270 e. The molecule has 0 aromatic heterocycles. The van der Waals surface area contributed by atoms with Gasteiger partial charge in [-0.15, -0.1) is 0 Å². The van der Waals surface area contributed by atoms with E-state index in [1.54, 1.807) is 55.5 Å². The Morgan fingerprint density at radius 2 is 1.38 bits per heavy atom. The van der Waals surface area contributed by atoms with Crippen molar-refractivity contribution < 1.29 is 16.8 Å². The molecule has 0 amide bonds. The summed E-state index contributed by atoms with van der Waals surface area (Å²) in [7, 11) is -7.59. The number of sulfone groups is 1. The van der Waals surface area contributed by atoms with Gasteiger partial charge >= 0.3 is 0 Å². The Bertz CT molecular complexity index is 1240. The molecule has 7 heteroatoms. The van der Waals surface area contributed by atoms with Crippen LogP contribution in [0.3, 0.4) is 0 Å². The molecule has 32 heavy (non-hydrogen) atoms. The lowest BCUT2D eigenvalue weighted by atomic mass is 9.91. The maximum absolute atomic E-state index is 13.6. The van der Waals surface area contributed by atoms with Crippen molar-refractivity contribution in [3.63, 3.8) is 0 Å². The smallest absolute Gasteiger partial charge is 0.264 e. The predicted octanol–water partition coefficient (Wildman–Crippen LogP) is 5.02. The number of hydrogen-bond donors (Lipinski definition) is 0. The van der Waals surface area contributed by atoms with Gasteiger partial charge in [0.1, 0.15) is 0 Å². The van der Waals surface area contributed by atoms with Gasteiger partial charge in [-0.2, -0.15) is 0 Å². The van der Waals surface area contributed by atoms with E-state index >= 15 is 0 Å². The Morgan fingerprint density at radius 3 is 1.81 bits per heavy atom. The molecular formula is C25H31NO4S2. The minimum atomic E-state index is -3.86. The van der Waals surface area contributed by atoms with Crippen LogP contribution in [0.2, 0.25) is 0 Å². The first-order valence-corrected chi connectivity index (χ1v) is 13.6. The van der Waals surface area contributed by atoms with E-state index in [1.165, 1.54) is 10.5 Å². The van der Waals surface area contributed by atoms with Gasteiger partial charge in [-0.3, -0.25) is 4.31 Å². The zero-order valence-electron chi connectivity index (χ0n) is 19.2. The number of sulfonamides is 1. The van der Waals surface area contributed by atoms with E-state index in [-0.39, 0.29) is 22.1 Å². The average molecular weight is 474 g/mol. The highest BCUT2D eigenvalue weighted by atomic mass is 32.2. The number of allylic oxidation sites excluding steroid dienone is 1. The van der Waals surface area contributed by atoms with E-state index < -0.39 is 31.2 Å². The van der Waals surface area contributed by atoms with Crippen LogP contribution in [0.25, 0.3) is 0 Å². The molecule has 2 atom stereocenters. The molecule has 0 unspecified atom stereocenters. The van der Waals surface area contributed by atoms with Crippen LogP contribution >= 0.6 is 0 Å². The lowest BCUT2D eigenvalue weighted by molar-refractivity contribution is 0.285. The Hall–Kier alpha value is -2.38. The molecule has 1 heterocycles. The van der Waals surface area contributed by atoms with Gasteiger partial charge in [-0.1, -0.05) is 61.4 Å². The molecule has 5 nitrogen and oxygen atoms in total. The van der Waals surface area contributed by atoms with Crippen LogP contribution in [0.15, 0.2) is 82.2 Å². The fourth-order valence-corrected chi connectivity index (χ4v) is 7.54. The summed E-state index contributed by atoms with van der Waals surface area (Å²) in [6.45, 7) is 13.3. The summed E-state index contributed by atoms with van der Waals surface area (Å²) in [5, 5.41) is -0.862. The van der Waals surface area contributed by atoms with Gasteiger partial charge in [-0.05, 0) is 62.9 Å². The van der Waals surface area contributed by atoms with E-state index in [0.29, 0.717) is 11.1 Å². The number of rotatable bonds is 6. The van der Waals surface area contributed by atoms with Gasteiger partial charge < -0.3 is 0 Å². The van der Waals surface area contributed by atoms with E-state index in [4.69, 9.17) is 0 Å². The summed E-state index contributed by atoms with van der Waals surface area (Å²) in [6.07, 6.45) is 1.65. The number of benzene rings is 2. The maximum Gasteiger partial charge on any atom is 0.264 e. The highest BCUT2D eigenvalue weighted by Crippen LogP contribution is 2.38. The maximum atomic E-state index is 13.6. The van der Waals surface area contributed by atoms with E-state index in [2.05, 4.69) is 6.58 Å². The summed E-state index contributed by atoms with van der Waals surface area (Å²) in [5.41, 5.74) is 2.90. The van der Waals surface area contributed by atoms with Gasteiger partial charge in [0.15, 0.2) is 9.84 Å². The van der Waals surface area contributed by atoms with Crippen LogP contribution in [0, 0.1) is 19.8 Å². The van der Waals surface area contributed by atoms with Gasteiger partial charge in [0.2, 0.25) is 0 Å². The molecule has 0 radical (unpaired) electrons. The summed E-state index contributed by atoms with van der Waals surface area (Å²) in [4.78, 5) is 0.420. The minimum absolute atomic E-state index is 0.0890. The number of nitrogens with zero attached hydrogens (tertiary/aromatic N) is 1. The summed E-state index contributed by atoms with van der Waals surface area (Å²) in [5.74, 6) is -0.0890. The van der Waals surface area contributed by atoms with E-state index in [9.17, 15) is 16.8 Å². The summed E-state index contributed by atoms with van der Waals surface area (Å²) in [6, 6.07) is 13.0. The molecule has 0 saturated carbocycles. The predicted molar refractivity (Wildman–Crippen MR) is 128 cm³/mol. The molecule has 1 aliphatic rings. The molecule has 0 saturated heterocycles. The molecule has 2 aromatic carbocycles. The first-order valence-electron chi connectivity index (χ1n) is 10.6. The highest BCUT2D eigenvalue weighted by molar-refractivity contribution is 7.92. The molecule has 0 fully saturated rings. The van der Waals surface area contributed by atoms with Crippen molar-refractivity contribution in [2.75, 3.05) is 0 Å². The molecule has 0 spiro atoms. The van der Waals surface area contributed by atoms with Crippen molar-refractivity contribution >= 4 is 19.9 Å². The van der Waals surface area contributed by atoms with Crippen LogP contribution in [-0.4, -0.2) is 32.4 Å². The molecule has 172 valence electrons. The van der Waals surface area contributed by atoms with Gasteiger partial charge in [0.25, 0.3) is 10.0 Å². The Kier molecular flexibility index (Phi) is 6.72. The molecule has 2 aromatic rings. The van der Waals surface area contributed by atoms with E-state index in [1.807, 2.05) is 27.7 Å². The first-order chi connectivity index (χ1) is 14.9.